The van der Waals surface area contributed by atoms with Crippen LogP contribution in [0.15, 0.2) is 17.5 Å². The van der Waals surface area contributed by atoms with E-state index >= 15 is 0 Å². The lowest BCUT2D eigenvalue weighted by Crippen LogP contribution is -2.46. The first kappa shape index (κ1) is 17.7. The average molecular weight is 312 g/mol. The molecule has 2 unspecified atom stereocenters. The molecule has 0 radical (unpaired) electrons. The molecule has 0 saturated heterocycles. The molecule has 0 spiro atoms. The fourth-order valence-corrected chi connectivity index (χ4v) is 3.02. The summed E-state index contributed by atoms with van der Waals surface area (Å²) >= 11 is 1.61. The quantitative estimate of drug-likeness (QED) is 0.688. The van der Waals surface area contributed by atoms with Crippen molar-refractivity contribution in [3.63, 3.8) is 0 Å². The predicted molar refractivity (Wildman–Crippen MR) is 84.3 cm³/mol. The molecule has 118 valence electrons. The molecule has 0 fully saturated rings. The van der Waals surface area contributed by atoms with E-state index in [-0.39, 0.29) is 30.3 Å². The van der Waals surface area contributed by atoms with E-state index in [9.17, 15) is 9.59 Å². The van der Waals surface area contributed by atoms with Gasteiger partial charge in [-0.3, -0.25) is 14.9 Å². The number of carboxylic acids is 1. The molecule has 5 nitrogen and oxygen atoms in total. The van der Waals surface area contributed by atoms with Crippen LogP contribution in [0.2, 0.25) is 0 Å². The smallest absolute Gasteiger partial charge is 0.320 e. The van der Waals surface area contributed by atoms with Crippen molar-refractivity contribution in [3.05, 3.63) is 22.4 Å². The number of aliphatic carboxylic acids is 1. The molecule has 6 heteroatoms. The first-order valence-electron chi connectivity index (χ1n) is 7.11. The maximum absolute atomic E-state index is 12.0. The maximum atomic E-state index is 12.0. The lowest BCUT2D eigenvalue weighted by molar-refractivity contribution is -0.140. The topological polar surface area (TPSA) is 78.4 Å². The summed E-state index contributed by atoms with van der Waals surface area (Å²) in [5.41, 5.74) is 0. The van der Waals surface area contributed by atoms with Crippen LogP contribution in [0.1, 0.15) is 38.6 Å². The zero-order valence-corrected chi connectivity index (χ0v) is 13.7. The Hall–Kier alpha value is -1.40. The number of hydrogen-bond donors (Lipinski definition) is 3. The highest BCUT2D eigenvalue weighted by Crippen LogP contribution is 2.25. The van der Waals surface area contributed by atoms with Crippen molar-refractivity contribution in [1.82, 2.24) is 10.6 Å². The zero-order valence-electron chi connectivity index (χ0n) is 12.9. The highest BCUT2D eigenvalue weighted by atomic mass is 32.1. The summed E-state index contributed by atoms with van der Waals surface area (Å²) in [6.45, 7) is 7.72. The second-order valence-corrected chi connectivity index (χ2v) is 6.72. The van der Waals surface area contributed by atoms with Crippen LogP contribution < -0.4 is 10.6 Å². The summed E-state index contributed by atoms with van der Waals surface area (Å²) < 4.78 is 0. The first-order valence-corrected chi connectivity index (χ1v) is 7.99. The van der Waals surface area contributed by atoms with Gasteiger partial charge in [0.05, 0.1) is 12.6 Å². The number of amides is 1. The Balaban J connectivity index is 2.57. The number of carboxylic acid groups (broad SMARTS) is 1. The first-order chi connectivity index (χ1) is 9.82. The van der Waals surface area contributed by atoms with Gasteiger partial charge < -0.3 is 10.4 Å². The monoisotopic (exact) mass is 312 g/mol. The third-order valence-electron chi connectivity index (χ3n) is 3.25. The molecule has 0 aromatic carbocycles. The molecule has 1 aromatic rings. The van der Waals surface area contributed by atoms with Crippen molar-refractivity contribution in [2.24, 2.45) is 11.8 Å². The van der Waals surface area contributed by atoms with E-state index in [0.717, 1.165) is 4.88 Å². The van der Waals surface area contributed by atoms with Gasteiger partial charge >= 0.3 is 5.97 Å². The number of thiophene rings is 1. The minimum atomic E-state index is -0.934. The standard InChI is InChI=1S/C15H24N2O3S/c1-9(2)13(11-6-5-7-21-11)17-12(18)8-16-14(10(3)4)15(19)20/h5-7,9-10,13-14,16H,8H2,1-4H3,(H,17,18)(H,19,20). The summed E-state index contributed by atoms with van der Waals surface area (Å²) in [5, 5.41) is 16.8. The Morgan fingerprint density at radius 3 is 2.33 bits per heavy atom. The van der Waals surface area contributed by atoms with Crippen molar-refractivity contribution in [1.29, 1.82) is 0 Å². The van der Waals surface area contributed by atoms with E-state index in [1.165, 1.54) is 0 Å². The lowest BCUT2D eigenvalue weighted by atomic mass is 10.0. The van der Waals surface area contributed by atoms with Crippen molar-refractivity contribution >= 4 is 23.2 Å². The number of rotatable bonds is 8. The summed E-state index contributed by atoms with van der Waals surface area (Å²) in [7, 11) is 0. The molecular weight excluding hydrogens is 288 g/mol. The van der Waals surface area contributed by atoms with E-state index in [1.54, 1.807) is 11.3 Å². The van der Waals surface area contributed by atoms with Gasteiger partial charge in [0.1, 0.15) is 6.04 Å². The van der Waals surface area contributed by atoms with E-state index in [0.29, 0.717) is 0 Å². The second kappa shape index (κ2) is 8.14. The molecule has 0 bridgehead atoms. The van der Waals surface area contributed by atoms with Crippen LogP contribution in [-0.2, 0) is 9.59 Å². The van der Waals surface area contributed by atoms with Gasteiger partial charge in [0.25, 0.3) is 0 Å². The van der Waals surface area contributed by atoms with Crippen LogP contribution in [0, 0.1) is 11.8 Å². The largest absolute Gasteiger partial charge is 0.480 e. The molecule has 0 aliphatic carbocycles. The average Bonchev–Trinajstić information content (AvgIpc) is 2.88. The molecule has 3 N–H and O–H groups in total. The normalized spacial score (nSPS) is 14.2. The third-order valence-corrected chi connectivity index (χ3v) is 4.20. The van der Waals surface area contributed by atoms with Crippen LogP contribution in [0.5, 0.6) is 0 Å². The summed E-state index contributed by atoms with van der Waals surface area (Å²) in [5.74, 6) is -0.924. The van der Waals surface area contributed by atoms with Gasteiger partial charge in [-0.1, -0.05) is 33.8 Å². The van der Waals surface area contributed by atoms with Gasteiger partial charge in [0.2, 0.25) is 5.91 Å². The summed E-state index contributed by atoms with van der Waals surface area (Å²) in [6.07, 6.45) is 0. The molecule has 1 amide bonds. The van der Waals surface area contributed by atoms with Crippen LogP contribution >= 0.6 is 11.3 Å². The van der Waals surface area contributed by atoms with Gasteiger partial charge in [-0.25, -0.2) is 0 Å². The molecule has 0 saturated carbocycles. The van der Waals surface area contributed by atoms with Gasteiger partial charge in [-0.15, -0.1) is 11.3 Å². The highest BCUT2D eigenvalue weighted by Gasteiger charge is 2.23. The van der Waals surface area contributed by atoms with Crippen molar-refractivity contribution in [2.75, 3.05) is 6.54 Å². The van der Waals surface area contributed by atoms with E-state index in [4.69, 9.17) is 5.11 Å². The van der Waals surface area contributed by atoms with E-state index in [2.05, 4.69) is 10.6 Å². The van der Waals surface area contributed by atoms with Crippen LogP contribution in [-0.4, -0.2) is 29.6 Å². The Morgan fingerprint density at radius 1 is 1.24 bits per heavy atom. The number of hydrogen-bond acceptors (Lipinski definition) is 4. The molecule has 0 aliphatic heterocycles. The van der Waals surface area contributed by atoms with E-state index in [1.807, 2.05) is 45.2 Å². The Kier molecular flexibility index (Phi) is 6.84. The SMILES string of the molecule is CC(C)C(NCC(=O)NC(c1cccs1)C(C)C)C(=O)O. The van der Waals surface area contributed by atoms with Crippen LogP contribution in [0.25, 0.3) is 0 Å². The van der Waals surface area contributed by atoms with Crippen LogP contribution in [0.4, 0.5) is 0 Å². The van der Waals surface area contributed by atoms with Crippen molar-refractivity contribution in [3.8, 4) is 0 Å². The Bertz CT molecular complexity index is 457. The third kappa shape index (κ3) is 5.47. The molecule has 2 atom stereocenters. The molecule has 1 rings (SSSR count). The van der Waals surface area contributed by atoms with Gasteiger partial charge in [-0.2, -0.15) is 0 Å². The van der Waals surface area contributed by atoms with Gasteiger partial charge in [0, 0.05) is 4.88 Å². The fourth-order valence-electron chi connectivity index (χ4n) is 2.07. The molecule has 0 aliphatic rings. The minimum absolute atomic E-state index is 0.00371. The number of carbonyl (C=O) groups is 2. The maximum Gasteiger partial charge on any atom is 0.320 e. The predicted octanol–water partition coefficient (Wildman–Crippen LogP) is 2.26. The molecule has 1 aromatic heterocycles. The summed E-state index contributed by atoms with van der Waals surface area (Å²) in [6, 6.07) is 3.20. The lowest BCUT2D eigenvalue weighted by Gasteiger charge is -2.23. The van der Waals surface area contributed by atoms with E-state index < -0.39 is 12.0 Å². The zero-order chi connectivity index (χ0) is 16.0. The highest BCUT2D eigenvalue weighted by molar-refractivity contribution is 7.10. The molecular formula is C15H24N2O3S. The number of carbonyl (C=O) groups excluding carboxylic acids is 1. The Morgan fingerprint density at radius 2 is 1.90 bits per heavy atom. The van der Waals surface area contributed by atoms with Crippen molar-refractivity contribution < 1.29 is 14.7 Å². The van der Waals surface area contributed by atoms with Gasteiger partial charge in [0.15, 0.2) is 0 Å². The van der Waals surface area contributed by atoms with Gasteiger partial charge in [-0.05, 0) is 23.3 Å². The van der Waals surface area contributed by atoms with Crippen molar-refractivity contribution in [2.45, 2.75) is 39.8 Å². The molecule has 1 heterocycles. The minimum Gasteiger partial charge on any atom is -0.480 e. The number of nitrogens with one attached hydrogen (secondary N) is 2. The molecule has 21 heavy (non-hydrogen) atoms. The van der Waals surface area contributed by atoms with Crippen LogP contribution in [0.3, 0.4) is 0 Å². The second-order valence-electron chi connectivity index (χ2n) is 5.75. The Labute approximate surface area is 129 Å². The fraction of sp³-hybridized carbons (Fsp3) is 0.600. The summed E-state index contributed by atoms with van der Waals surface area (Å²) in [4.78, 5) is 24.2.